The van der Waals surface area contributed by atoms with E-state index in [1.807, 2.05) is 35.2 Å². The second-order valence-corrected chi connectivity index (χ2v) is 12.0. The number of nitrogens with one attached hydrogen (secondary N) is 2. The first-order chi connectivity index (χ1) is 22.9. The number of urea groups is 1. The zero-order valence-electron chi connectivity index (χ0n) is 25.9. The van der Waals surface area contributed by atoms with Crippen LogP contribution in [0.3, 0.4) is 0 Å². The minimum atomic E-state index is -0.616. The van der Waals surface area contributed by atoms with Gasteiger partial charge in [-0.1, -0.05) is 42.5 Å². The molecule has 12 nitrogen and oxygen atoms in total. The third-order valence-corrected chi connectivity index (χ3v) is 8.99. The minimum absolute atomic E-state index is 0.0997. The van der Waals surface area contributed by atoms with Crippen LogP contribution in [0.5, 0.6) is 23.1 Å². The third kappa shape index (κ3) is 7.41. The van der Waals surface area contributed by atoms with E-state index in [-0.39, 0.29) is 17.7 Å². The van der Waals surface area contributed by atoms with Crippen molar-refractivity contribution in [1.82, 2.24) is 25.3 Å². The van der Waals surface area contributed by atoms with Gasteiger partial charge in [0.15, 0.2) is 17.2 Å². The molecule has 1 unspecified atom stereocenters. The molecule has 47 heavy (non-hydrogen) atoms. The van der Waals surface area contributed by atoms with Gasteiger partial charge in [-0.05, 0) is 47.9 Å². The molecule has 2 N–H and O–H groups in total. The van der Waals surface area contributed by atoms with Crippen molar-refractivity contribution >= 4 is 46.2 Å². The number of amides is 4. The predicted octanol–water partition coefficient (Wildman–Crippen LogP) is 5.89. The summed E-state index contributed by atoms with van der Waals surface area (Å²) >= 11 is 1.41. The van der Waals surface area contributed by atoms with Crippen LogP contribution in [0.25, 0.3) is 10.9 Å². The highest BCUT2D eigenvalue weighted by atomic mass is 32.2. The van der Waals surface area contributed by atoms with Gasteiger partial charge in [-0.3, -0.25) is 9.59 Å². The molecule has 1 saturated heterocycles. The molecule has 242 valence electrons. The molecule has 0 saturated carbocycles. The molecule has 6 rings (SSSR count). The van der Waals surface area contributed by atoms with Crippen LogP contribution < -0.4 is 25.0 Å². The molecule has 0 bridgehead atoms. The van der Waals surface area contributed by atoms with E-state index in [2.05, 4.69) is 20.7 Å². The standard InChI is InChI=1S/C34H34N6O6S/c1-22(41)39-15-12-23(13-16-39)20-45-30-19-27-25(18-29(30)44-2)32(36-21-35-27)46-28-11-7-6-10-26(28)37-34(43)38-40-31(42)14-17-47-33(40)24-8-4-3-5-9-24/h3-11,14,17-19,21,23,33H,12-13,15-16,20H2,1-2H3,(H2,37,38,43). The van der Waals surface area contributed by atoms with Gasteiger partial charge in [0.2, 0.25) is 11.8 Å². The number of rotatable bonds is 9. The zero-order valence-corrected chi connectivity index (χ0v) is 26.7. The number of piperidine rings is 1. The second-order valence-electron chi connectivity index (χ2n) is 11.0. The molecule has 2 aliphatic heterocycles. The van der Waals surface area contributed by atoms with E-state index in [9.17, 15) is 14.4 Å². The molecule has 3 aromatic carbocycles. The van der Waals surface area contributed by atoms with Crippen LogP contribution in [0.2, 0.25) is 0 Å². The van der Waals surface area contributed by atoms with Crippen molar-refractivity contribution in [1.29, 1.82) is 0 Å². The van der Waals surface area contributed by atoms with Crippen LogP contribution in [0, 0.1) is 5.92 Å². The molecule has 4 amide bonds. The van der Waals surface area contributed by atoms with Crippen LogP contribution in [0.1, 0.15) is 30.7 Å². The zero-order chi connectivity index (χ0) is 32.8. The number of carbonyl (C=O) groups is 3. The highest BCUT2D eigenvalue weighted by Gasteiger charge is 2.29. The monoisotopic (exact) mass is 654 g/mol. The summed E-state index contributed by atoms with van der Waals surface area (Å²) in [5, 5.41) is 5.96. The highest BCUT2D eigenvalue weighted by molar-refractivity contribution is 8.02. The molecule has 1 atom stereocenters. The van der Waals surface area contributed by atoms with Crippen molar-refractivity contribution in [2.75, 3.05) is 32.1 Å². The summed E-state index contributed by atoms with van der Waals surface area (Å²) in [5.74, 6) is 1.70. The van der Waals surface area contributed by atoms with Gasteiger partial charge in [0.1, 0.15) is 11.7 Å². The number of hydrogen-bond donors (Lipinski definition) is 2. The highest BCUT2D eigenvalue weighted by Crippen LogP contribution is 2.38. The van der Waals surface area contributed by atoms with E-state index >= 15 is 0 Å². The van der Waals surface area contributed by atoms with Crippen LogP contribution in [-0.2, 0) is 9.59 Å². The van der Waals surface area contributed by atoms with Crippen LogP contribution in [-0.4, -0.2) is 64.5 Å². The molecular weight excluding hydrogens is 620 g/mol. The number of hydrazine groups is 1. The van der Waals surface area contributed by atoms with Gasteiger partial charge in [-0.2, -0.15) is 0 Å². The number of ether oxygens (including phenoxy) is 3. The van der Waals surface area contributed by atoms with Crippen LogP contribution >= 0.6 is 11.8 Å². The maximum absolute atomic E-state index is 13.2. The Morgan fingerprint density at radius 1 is 0.979 bits per heavy atom. The SMILES string of the molecule is COc1cc2c(Oc3ccccc3NC(=O)NN3C(=O)C=CSC3c3ccccc3)ncnc2cc1OCC1CCN(C(C)=O)CC1. The molecule has 0 spiro atoms. The number of hydrogen-bond acceptors (Lipinski definition) is 9. The van der Waals surface area contributed by atoms with Crippen molar-refractivity contribution in [2.24, 2.45) is 5.92 Å². The molecule has 1 fully saturated rings. The minimum Gasteiger partial charge on any atom is -0.493 e. The van der Waals surface area contributed by atoms with Crippen molar-refractivity contribution in [3.63, 3.8) is 0 Å². The smallest absolute Gasteiger partial charge is 0.338 e. The Balaban J connectivity index is 1.16. The number of likely N-dealkylation sites (tertiary alicyclic amines) is 1. The van der Waals surface area contributed by atoms with E-state index in [1.54, 1.807) is 55.8 Å². The molecule has 3 heterocycles. The molecule has 0 radical (unpaired) electrons. The molecular formula is C34H34N6O6S. The quantitative estimate of drug-likeness (QED) is 0.226. The number of para-hydroxylation sites is 2. The lowest BCUT2D eigenvalue weighted by molar-refractivity contribution is -0.130. The topological polar surface area (TPSA) is 135 Å². The summed E-state index contributed by atoms with van der Waals surface area (Å²) in [7, 11) is 1.56. The Kier molecular flexibility index (Phi) is 9.72. The van der Waals surface area contributed by atoms with Gasteiger partial charge in [-0.15, -0.1) is 11.8 Å². The van der Waals surface area contributed by atoms with Crippen molar-refractivity contribution in [2.45, 2.75) is 25.1 Å². The number of nitrogens with zero attached hydrogens (tertiary/aromatic N) is 4. The Morgan fingerprint density at radius 2 is 1.74 bits per heavy atom. The predicted molar refractivity (Wildman–Crippen MR) is 178 cm³/mol. The van der Waals surface area contributed by atoms with E-state index in [4.69, 9.17) is 14.2 Å². The van der Waals surface area contributed by atoms with Gasteiger partial charge < -0.3 is 24.4 Å². The normalized spacial score (nSPS) is 16.6. The van der Waals surface area contributed by atoms with Crippen molar-refractivity contribution in [3.05, 3.63) is 90.1 Å². The molecule has 13 heteroatoms. The Labute approximate surface area is 276 Å². The first-order valence-electron chi connectivity index (χ1n) is 15.2. The summed E-state index contributed by atoms with van der Waals surface area (Å²) in [6.07, 6.45) is 4.55. The molecule has 2 aliphatic rings. The fraction of sp³-hybridized carbons (Fsp3) is 0.265. The molecule has 4 aromatic rings. The number of methoxy groups -OCH3 is 1. The summed E-state index contributed by atoms with van der Waals surface area (Å²) in [4.78, 5) is 48.2. The Bertz CT molecular complexity index is 1800. The van der Waals surface area contributed by atoms with Crippen LogP contribution in [0.15, 0.2) is 84.5 Å². The van der Waals surface area contributed by atoms with E-state index in [0.29, 0.717) is 46.4 Å². The number of aromatic nitrogens is 2. The molecule has 1 aromatic heterocycles. The van der Waals surface area contributed by atoms with Gasteiger partial charge >= 0.3 is 6.03 Å². The van der Waals surface area contributed by atoms with Gasteiger partial charge in [-0.25, -0.2) is 25.2 Å². The lowest BCUT2D eigenvalue weighted by Gasteiger charge is -2.32. The maximum atomic E-state index is 13.2. The maximum Gasteiger partial charge on any atom is 0.338 e. The van der Waals surface area contributed by atoms with E-state index < -0.39 is 11.4 Å². The summed E-state index contributed by atoms with van der Waals surface area (Å²) in [6, 6.07) is 19.3. The fourth-order valence-electron chi connectivity index (χ4n) is 5.43. The Hall–Kier alpha value is -5.30. The fourth-order valence-corrected chi connectivity index (χ4v) is 6.36. The number of fused-ring (bicyclic) bond motifs is 1. The first-order valence-corrected chi connectivity index (χ1v) is 16.1. The van der Waals surface area contributed by atoms with Crippen molar-refractivity contribution in [3.8, 4) is 23.1 Å². The lowest BCUT2D eigenvalue weighted by atomic mass is 9.98. The summed E-state index contributed by atoms with van der Waals surface area (Å²) < 4.78 is 18.1. The van der Waals surface area contributed by atoms with Crippen LogP contribution in [0.4, 0.5) is 10.5 Å². The number of carbonyl (C=O) groups excluding carboxylic acids is 3. The average Bonchev–Trinajstić information content (AvgIpc) is 3.09. The number of anilines is 1. The molecule has 0 aliphatic carbocycles. The number of thioether (sulfide) groups is 1. The third-order valence-electron chi connectivity index (χ3n) is 7.96. The van der Waals surface area contributed by atoms with Crippen molar-refractivity contribution < 1.29 is 28.6 Å². The van der Waals surface area contributed by atoms with Gasteiger partial charge in [0.05, 0.1) is 30.3 Å². The van der Waals surface area contributed by atoms with E-state index in [0.717, 1.165) is 31.5 Å². The van der Waals surface area contributed by atoms with E-state index in [1.165, 1.54) is 29.2 Å². The van der Waals surface area contributed by atoms with Gasteiger partial charge in [0.25, 0.3) is 5.91 Å². The Morgan fingerprint density at radius 3 is 2.51 bits per heavy atom. The first kappa shape index (κ1) is 31.7. The second kappa shape index (κ2) is 14.4. The lowest BCUT2D eigenvalue weighted by Crippen LogP contribution is -2.49. The number of benzene rings is 3. The van der Waals surface area contributed by atoms with Gasteiger partial charge in [0, 0.05) is 32.2 Å². The average molecular weight is 655 g/mol. The summed E-state index contributed by atoms with van der Waals surface area (Å²) in [6.45, 7) is 3.55. The summed E-state index contributed by atoms with van der Waals surface area (Å²) in [5.41, 5.74) is 4.50. The largest absolute Gasteiger partial charge is 0.493 e.